The minimum Gasteiger partial charge on any atom is -0.480 e. The average molecular weight is 267 g/mol. The average Bonchev–Trinajstić information content (AvgIpc) is 2.18. The fourth-order valence-corrected chi connectivity index (χ4v) is 1.19. The molecule has 1 rings (SSSR count). The highest BCUT2D eigenvalue weighted by Gasteiger charge is 2.06. The molecule has 0 aliphatic carbocycles. The van der Waals surface area contributed by atoms with Crippen LogP contribution in [0.15, 0.2) is 29.2 Å². The molecule has 0 saturated carbocycles. The second-order valence-electron chi connectivity index (χ2n) is 2.82. The van der Waals surface area contributed by atoms with Gasteiger partial charge in [0, 0.05) is 0 Å². The fraction of sp³-hybridized carbons (Fsp3) is 0.222. The number of carboxylic acids is 1. The van der Waals surface area contributed by atoms with E-state index in [1.807, 2.05) is 6.92 Å². The molecule has 0 aliphatic rings. The first-order chi connectivity index (χ1) is 7.27. The molecular weight excluding hydrogens is 256 g/mol. The van der Waals surface area contributed by atoms with Crippen molar-refractivity contribution >= 4 is 27.7 Å². The highest BCUT2D eigenvalue weighted by Crippen LogP contribution is 2.08. The van der Waals surface area contributed by atoms with E-state index in [1.54, 1.807) is 12.1 Å². The molecule has 0 spiro atoms. The van der Waals surface area contributed by atoms with Gasteiger partial charge in [-0.15, -0.1) is 11.6 Å². The van der Waals surface area contributed by atoms with E-state index in [4.69, 9.17) is 21.3 Å². The number of rotatable bonds is 2. The summed E-state index contributed by atoms with van der Waals surface area (Å²) in [5.74, 6) is -1.29. The van der Waals surface area contributed by atoms with E-state index < -0.39 is 16.1 Å². The van der Waals surface area contributed by atoms with Crippen molar-refractivity contribution < 1.29 is 22.9 Å². The van der Waals surface area contributed by atoms with E-state index in [2.05, 4.69) is 0 Å². The van der Waals surface area contributed by atoms with Gasteiger partial charge in [0.2, 0.25) is 0 Å². The zero-order valence-corrected chi connectivity index (χ0v) is 9.99. The maximum Gasteiger partial charge on any atom is 0.318 e. The van der Waals surface area contributed by atoms with Gasteiger partial charge in [0.05, 0.1) is 4.90 Å². The van der Waals surface area contributed by atoms with Gasteiger partial charge in [-0.05, 0) is 19.1 Å². The van der Waals surface area contributed by atoms with Gasteiger partial charge in [-0.25, -0.2) is 0 Å². The highest BCUT2D eigenvalue weighted by atomic mass is 35.5. The molecule has 0 radical (unpaired) electrons. The quantitative estimate of drug-likeness (QED) is 0.626. The van der Waals surface area contributed by atoms with Crippen LogP contribution in [0.4, 0.5) is 0 Å². The van der Waals surface area contributed by atoms with E-state index in [0.29, 0.717) is 0 Å². The van der Waals surface area contributed by atoms with Crippen LogP contribution in [-0.2, 0) is 14.9 Å². The van der Waals surface area contributed by atoms with Crippen LogP contribution in [0.3, 0.4) is 0 Å². The molecule has 0 aromatic heterocycles. The molecular formula is C9H11ClO5S. The Hall–Kier alpha value is -1.11. The molecule has 0 saturated heterocycles. The van der Waals surface area contributed by atoms with E-state index in [-0.39, 0.29) is 10.8 Å². The molecule has 1 aromatic carbocycles. The van der Waals surface area contributed by atoms with E-state index >= 15 is 0 Å². The Morgan fingerprint density at radius 1 is 1.31 bits per heavy atom. The van der Waals surface area contributed by atoms with Gasteiger partial charge >= 0.3 is 5.97 Å². The van der Waals surface area contributed by atoms with Crippen LogP contribution in [0.2, 0.25) is 0 Å². The SMILES string of the molecule is Cc1ccc(S(=O)(=O)O)cc1.O=C(O)CCl. The number of hydrogen-bond donors (Lipinski definition) is 2. The van der Waals surface area contributed by atoms with Gasteiger partial charge in [0.1, 0.15) is 5.88 Å². The van der Waals surface area contributed by atoms with Crippen molar-refractivity contribution in [3.63, 3.8) is 0 Å². The summed E-state index contributed by atoms with van der Waals surface area (Å²) in [7, 11) is -4.02. The number of aryl methyl sites for hydroxylation is 1. The van der Waals surface area contributed by atoms with E-state index in [1.165, 1.54) is 12.1 Å². The number of hydrogen-bond acceptors (Lipinski definition) is 3. The largest absolute Gasteiger partial charge is 0.480 e. The van der Waals surface area contributed by atoms with Crippen LogP contribution < -0.4 is 0 Å². The van der Waals surface area contributed by atoms with Crippen LogP contribution in [0, 0.1) is 6.92 Å². The number of aliphatic carboxylic acids is 1. The number of benzene rings is 1. The monoisotopic (exact) mass is 266 g/mol. The fourth-order valence-electron chi connectivity index (χ4n) is 0.710. The Bertz CT molecular complexity index is 437. The van der Waals surface area contributed by atoms with Gasteiger partial charge in [0.15, 0.2) is 0 Å². The van der Waals surface area contributed by atoms with Crippen LogP contribution in [-0.4, -0.2) is 29.9 Å². The summed E-state index contributed by atoms with van der Waals surface area (Å²) in [6.07, 6.45) is 0. The summed E-state index contributed by atoms with van der Waals surface area (Å²) >= 11 is 4.74. The smallest absolute Gasteiger partial charge is 0.318 e. The summed E-state index contributed by atoms with van der Waals surface area (Å²) in [4.78, 5) is 9.17. The number of carboxylic acid groups (broad SMARTS) is 1. The summed E-state index contributed by atoms with van der Waals surface area (Å²) < 4.78 is 29.6. The predicted octanol–water partition coefficient (Wildman–Crippen LogP) is 1.55. The third-order valence-corrected chi connectivity index (χ3v) is 2.53. The van der Waals surface area contributed by atoms with E-state index in [9.17, 15) is 13.2 Å². The van der Waals surface area contributed by atoms with E-state index in [0.717, 1.165) is 5.56 Å². The lowest BCUT2D eigenvalue weighted by Crippen LogP contribution is -1.96. The van der Waals surface area contributed by atoms with Crippen molar-refractivity contribution in [3.05, 3.63) is 29.8 Å². The van der Waals surface area contributed by atoms with Gasteiger partial charge in [-0.1, -0.05) is 17.7 Å². The lowest BCUT2D eigenvalue weighted by molar-refractivity contribution is -0.134. The molecule has 0 fully saturated rings. The first-order valence-corrected chi connectivity index (χ1v) is 6.06. The molecule has 2 N–H and O–H groups in total. The van der Waals surface area contributed by atoms with Crippen molar-refractivity contribution in [1.82, 2.24) is 0 Å². The van der Waals surface area contributed by atoms with Gasteiger partial charge < -0.3 is 5.11 Å². The molecule has 0 unspecified atom stereocenters. The van der Waals surface area contributed by atoms with Crippen molar-refractivity contribution in [2.24, 2.45) is 0 Å². The van der Waals surface area contributed by atoms with Gasteiger partial charge in [-0.3, -0.25) is 9.35 Å². The topological polar surface area (TPSA) is 91.7 Å². The van der Waals surface area contributed by atoms with Gasteiger partial charge in [-0.2, -0.15) is 8.42 Å². The van der Waals surface area contributed by atoms with Crippen LogP contribution >= 0.6 is 11.6 Å². The molecule has 0 heterocycles. The molecule has 16 heavy (non-hydrogen) atoms. The molecule has 90 valence electrons. The second-order valence-corrected chi connectivity index (χ2v) is 4.50. The Kier molecular flexibility index (Phi) is 6.02. The summed E-state index contributed by atoms with van der Waals surface area (Å²) in [5.41, 5.74) is 0.956. The maximum absolute atomic E-state index is 10.5. The molecule has 0 atom stereocenters. The Morgan fingerprint density at radius 3 is 1.94 bits per heavy atom. The number of carbonyl (C=O) groups is 1. The maximum atomic E-state index is 10.5. The van der Waals surface area contributed by atoms with Crippen LogP contribution in [0.1, 0.15) is 5.56 Å². The van der Waals surface area contributed by atoms with Gasteiger partial charge in [0.25, 0.3) is 10.1 Å². The third kappa shape index (κ3) is 6.39. The lowest BCUT2D eigenvalue weighted by Gasteiger charge is -1.95. The first kappa shape index (κ1) is 14.9. The first-order valence-electron chi connectivity index (χ1n) is 4.09. The molecule has 0 bridgehead atoms. The summed E-state index contributed by atoms with van der Waals surface area (Å²) in [6, 6.07) is 5.99. The Morgan fingerprint density at radius 2 is 1.69 bits per heavy atom. The number of alkyl halides is 1. The highest BCUT2D eigenvalue weighted by molar-refractivity contribution is 7.85. The lowest BCUT2D eigenvalue weighted by atomic mass is 10.2. The third-order valence-electron chi connectivity index (χ3n) is 1.43. The molecule has 0 amide bonds. The zero-order chi connectivity index (χ0) is 12.8. The molecule has 7 heteroatoms. The standard InChI is InChI=1S/C7H8O3S.C2H3ClO2/c1-6-2-4-7(5-3-6)11(8,9)10;3-1-2(4)5/h2-5H,1H3,(H,8,9,10);1H2,(H,4,5). The summed E-state index contributed by atoms with van der Waals surface area (Å²) in [6.45, 7) is 1.84. The van der Waals surface area contributed by atoms with Crippen LogP contribution in [0.5, 0.6) is 0 Å². The zero-order valence-electron chi connectivity index (χ0n) is 8.42. The second kappa shape index (κ2) is 6.47. The molecule has 1 aromatic rings. The van der Waals surface area contributed by atoms with Crippen molar-refractivity contribution in [2.45, 2.75) is 11.8 Å². The van der Waals surface area contributed by atoms with Crippen molar-refractivity contribution in [1.29, 1.82) is 0 Å². The summed E-state index contributed by atoms with van der Waals surface area (Å²) in [5, 5.41) is 7.59. The predicted molar refractivity (Wildman–Crippen MR) is 59.3 cm³/mol. The Labute approximate surface area is 98.4 Å². The van der Waals surface area contributed by atoms with Crippen molar-refractivity contribution in [3.8, 4) is 0 Å². The van der Waals surface area contributed by atoms with Crippen molar-refractivity contribution in [2.75, 3.05) is 5.88 Å². The minimum absolute atomic E-state index is 0.0666. The normalized spacial score (nSPS) is 10.2. The Balaban J connectivity index is 0.000000385. The number of halogens is 1. The van der Waals surface area contributed by atoms with Crippen LogP contribution in [0.25, 0.3) is 0 Å². The molecule has 5 nitrogen and oxygen atoms in total. The molecule has 0 aliphatic heterocycles. The minimum atomic E-state index is -4.02.